The number of aromatic amines is 1. The summed E-state index contributed by atoms with van der Waals surface area (Å²) in [6, 6.07) is 5.34. The lowest BCUT2D eigenvalue weighted by Crippen LogP contribution is -2.07. The molecule has 1 heterocycles. The summed E-state index contributed by atoms with van der Waals surface area (Å²) in [7, 11) is 1.56. The number of halogens is 1. The summed E-state index contributed by atoms with van der Waals surface area (Å²) in [6.45, 7) is 2.59. The highest BCUT2D eigenvalue weighted by atomic mass is 79.9. The summed E-state index contributed by atoms with van der Waals surface area (Å²) in [4.78, 5) is 11.9. The molecule has 0 unspecified atom stereocenters. The third-order valence-corrected chi connectivity index (χ3v) is 3.55. The van der Waals surface area contributed by atoms with Gasteiger partial charge < -0.3 is 14.2 Å². The number of rotatable bonds is 8. The van der Waals surface area contributed by atoms with Crippen LogP contribution in [0, 0.1) is 0 Å². The van der Waals surface area contributed by atoms with Gasteiger partial charge in [0.2, 0.25) is 0 Å². The van der Waals surface area contributed by atoms with Crippen LogP contribution in [0.25, 0.3) is 11.3 Å². The Balaban J connectivity index is 2.27. The summed E-state index contributed by atoms with van der Waals surface area (Å²) in [5.74, 6) is 0.682. The number of alkyl halides is 1. The van der Waals surface area contributed by atoms with Crippen LogP contribution in [-0.4, -0.2) is 47.0 Å². The van der Waals surface area contributed by atoms with Crippen LogP contribution in [0.2, 0.25) is 0 Å². The highest BCUT2D eigenvalue weighted by Crippen LogP contribution is 2.32. The van der Waals surface area contributed by atoms with Crippen LogP contribution in [0.4, 0.5) is 0 Å². The minimum absolute atomic E-state index is 0.141. The van der Waals surface area contributed by atoms with Crippen molar-refractivity contribution in [1.29, 1.82) is 0 Å². The molecule has 7 nitrogen and oxygen atoms in total. The van der Waals surface area contributed by atoms with Crippen LogP contribution in [0.3, 0.4) is 0 Å². The Morgan fingerprint density at radius 1 is 1.30 bits per heavy atom. The maximum Gasteiger partial charge on any atom is 0.361 e. The van der Waals surface area contributed by atoms with E-state index in [2.05, 4.69) is 31.3 Å². The van der Waals surface area contributed by atoms with Gasteiger partial charge in [0.15, 0.2) is 17.2 Å². The molecule has 0 atom stereocenters. The molecule has 0 aliphatic heterocycles. The molecule has 0 saturated carbocycles. The zero-order valence-corrected chi connectivity index (χ0v) is 14.6. The molecule has 0 amide bonds. The SMILES string of the molecule is CCOC(=O)c1n[nH]nc1-c1ccc(OCCCBr)c(OC)c1. The van der Waals surface area contributed by atoms with Gasteiger partial charge in [-0.15, -0.1) is 5.10 Å². The molecule has 2 aromatic rings. The Morgan fingerprint density at radius 3 is 2.83 bits per heavy atom. The summed E-state index contributed by atoms with van der Waals surface area (Å²) >= 11 is 3.36. The number of nitrogens with one attached hydrogen (secondary N) is 1. The Bertz CT molecular complexity index is 660. The van der Waals surface area contributed by atoms with E-state index < -0.39 is 5.97 Å². The first kappa shape index (κ1) is 17.3. The van der Waals surface area contributed by atoms with Crippen LogP contribution in [0.15, 0.2) is 18.2 Å². The molecule has 0 saturated heterocycles. The Hall–Kier alpha value is -2.09. The van der Waals surface area contributed by atoms with Crippen LogP contribution in [0.5, 0.6) is 11.5 Å². The monoisotopic (exact) mass is 383 g/mol. The molecule has 0 radical (unpaired) electrons. The molecule has 0 spiro atoms. The third-order valence-electron chi connectivity index (χ3n) is 2.99. The smallest absolute Gasteiger partial charge is 0.361 e. The lowest BCUT2D eigenvalue weighted by Gasteiger charge is -2.11. The second-order valence-corrected chi connectivity index (χ2v) is 5.29. The number of ether oxygens (including phenoxy) is 3. The Labute approximate surface area is 142 Å². The molecule has 1 aromatic heterocycles. The first-order valence-corrected chi connectivity index (χ1v) is 8.28. The van der Waals surface area contributed by atoms with Gasteiger partial charge in [-0.05, 0) is 31.5 Å². The number of methoxy groups -OCH3 is 1. The van der Waals surface area contributed by atoms with Crippen molar-refractivity contribution in [2.24, 2.45) is 0 Å². The molecule has 0 fully saturated rings. The molecule has 124 valence electrons. The lowest BCUT2D eigenvalue weighted by atomic mass is 10.1. The average molecular weight is 384 g/mol. The van der Waals surface area contributed by atoms with Gasteiger partial charge in [0, 0.05) is 10.9 Å². The van der Waals surface area contributed by atoms with Crippen LogP contribution >= 0.6 is 15.9 Å². The van der Waals surface area contributed by atoms with E-state index in [0.29, 0.717) is 29.4 Å². The van der Waals surface area contributed by atoms with Crippen molar-refractivity contribution in [2.45, 2.75) is 13.3 Å². The summed E-state index contributed by atoms with van der Waals surface area (Å²) in [5, 5.41) is 11.2. The molecule has 8 heteroatoms. The molecule has 23 heavy (non-hydrogen) atoms. The van der Waals surface area contributed by atoms with Crippen LogP contribution in [-0.2, 0) is 4.74 Å². The van der Waals surface area contributed by atoms with Crippen molar-refractivity contribution >= 4 is 21.9 Å². The van der Waals surface area contributed by atoms with Crippen LogP contribution < -0.4 is 9.47 Å². The number of carbonyl (C=O) groups excluding carboxylic acids is 1. The summed E-state index contributed by atoms with van der Waals surface area (Å²) in [6.07, 6.45) is 0.890. The van der Waals surface area contributed by atoms with E-state index in [1.807, 2.05) is 0 Å². The topological polar surface area (TPSA) is 86.3 Å². The number of carbonyl (C=O) groups is 1. The standard InChI is InChI=1S/C15H18BrN3O4/c1-3-22-15(20)14-13(17-19-18-14)10-5-6-11(12(9-10)21-2)23-8-4-7-16/h5-6,9H,3-4,7-8H2,1-2H3,(H,17,18,19). The van der Waals surface area contributed by atoms with Gasteiger partial charge in [-0.1, -0.05) is 15.9 Å². The van der Waals surface area contributed by atoms with Crippen LogP contribution in [0.1, 0.15) is 23.8 Å². The predicted molar refractivity (Wildman–Crippen MR) is 88.2 cm³/mol. The summed E-state index contributed by atoms with van der Waals surface area (Å²) < 4.78 is 16.0. The number of H-pyrrole nitrogens is 1. The van der Waals surface area contributed by atoms with Gasteiger partial charge in [0.05, 0.1) is 20.3 Å². The van der Waals surface area contributed by atoms with E-state index in [-0.39, 0.29) is 12.3 Å². The molecule has 1 N–H and O–H groups in total. The first-order chi connectivity index (χ1) is 11.2. The number of hydrogen-bond donors (Lipinski definition) is 1. The zero-order valence-electron chi connectivity index (χ0n) is 13.0. The number of benzene rings is 1. The quantitative estimate of drug-likeness (QED) is 0.428. The van der Waals surface area contributed by atoms with Gasteiger partial charge in [-0.3, -0.25) is 0 Å². The van der Waals surface area contributed by atoms with Gasteiger partial charge in [-0.2, -0.15) is 10.3 Å². The maximum absolute atomic E-state index is 11.9. The minimum atomic E-state index is -0.520. The Kier molecular flexibility index (Phi) is 6.40. The predicted octanol–water partition coefficient (Wildman–Crippen LogP) is 2.82. The molecular weight excluding hydrogens is 366 g/mol. The first-order valence-electron chi connectivity index (χ1n) is 7.16. The van der Waals surface area contributed by atoms with Crippen molar-refractivity contribution in [3.63, 3.8) is 0 Å². The number of nitrogens with zero attached hydrogens (tertiary/aromatic N) is 2. The maximum atomic E-state index is 11.9. The zero-order chi connectivity index (χ0) is 16.7. The van der Waals surface area contributed by atoms with E-state index >= 15 is 0 Å². The van der Waals surface area contributed by atoms with Crippen molar-refractivity contribution < 1.29 is 19.0 Å². The fraction of sp³-hybridized carbons (Fsp3) is 0.400. The highest BCUT2D eigenvalue weighted by Gasteiger charge is 2.20. The Morgan fingerprint density at radius 2 is 2.13 bits per heavy atom. The van der Waals surface area contributed by atoms with Gasteiger partial charge >= 0.3 is 5.97 Å². The van der Waals surface area contributed by atoms with E-state index in [9.17, 15) is 4.79 Å². The summed E-state index contributed by atoms with van der Waals surface area (Å²) in [5.41, 5.74) is 1.24. The number of aromatic nitrogens is 3. The van der Waals surface area contributed by atoms with E-state index in [0.717, 1.165) is 11.8 Å². The van der Waals surface area contributed by atoms with Gasteiger partial charge in [0.25, 0.3) is 0 Å². The molecule has 0 aliphatic carbocycles. The van der Waals surface area contributed by atoms with Crippen molar-refractivity contribution in [3.8, 4) is 22.8 Å². The van der Waals surface area contributed by atoms with Crippen molar-refractivity contribution in [3.05, 3.63) is 23.9 Å². The number of esters is 1. The largest absolute Gasteiger partial charge is 0.493 e. The minimum Gasteiger partial charge on any atom is -0.493 e. The normalized spacial score (nSPS) is 10.4. The second-order valence-electron chi connectivity index (χ2n) is 4.50. The molecule has 0 bridgehead atoms. The van der Waals surface area contributed by atoms with Gasteiger partial charge in [0.1, 0.15) is 5.69 Å². The van der Waals surface area contributed by atoms with Gasteiger partial charge in [-0.25, -0.2) is 4.79 Å². The highest BCUT2D eigenvalue weighted by molar-refractivity contribution is 9.09. The average Bonchev–Trinajstić information content (AvgIpc) is 3.05. The fourth-order valence-electron chi connectivity index (χ4n) is 1.94. The lowest BCUT2D eigenvalue weighted by molar-refractivity contribution is 0.0520. The van der Waals surface area contributed by atoms with E-state index in [1.165, 1.54) is 0 Å². The van der Waals surface area contributed by atoms with Crippen molar-refractivity contribution in [2.75, 3.05) is 25.7 Å². The fourth-order valence-corrected chi connectivity index (χ4v) is 2.17. The number of hydrogen-bond acceptors (Lipinski definition) is 6. The molecule has 1 aromatic carbocycles. The molecular formula is C15H18BrN3O4. The van der Waals surface area contributed by atoms with E-state index in [1.54, 1.807) is 32.2 Å². The van der Waals surface area contributed by atoms with Crippen molar-refractivity contribution in [1.82, 2.24) is 15.4 Å². The second kappa shape index (κ2) is 8.52. The molecule has 2 rings (SSSR count). The van der Waals surface area contributed by atoms with E-state index in [4.69, 9.17) is 14.2 Å². The molecule has 0 aliphatic rings. The third kappa shape index (κ3) is 4.22.